The van der Waals surface area contributed by atoms with Gasteiger partial charge >= 0.3 is 0 Å². The van der Waals surface area contributed by atoms with Crippen molar-refractivity contribution < 1.29 is 5.11 Å². The third-order valence-electron chi connectivity index (χ3n) is 4.54. The Morgan fingerprint density at radius 2 is 1.89 bits per heavy atom. The van der Waals surface area contributed by atoms with Crippen LogP contribution in [0.5, 0.6) is 0 Å². The molecule has 2 N–H and O–H groups in total. The minimum atomic E-state index is -0.0883. The smallest absolute Gasteiger partial charge is 0.0579 e. The molecule has 0 aliphatic carbocycles. The number of nitrogens with zero attached hydrogens (tertiary/aromatic N) is 1. The van der Waals surface area contributed by atoms with E-state index in [1.807, 2.05) is 0 Å². The van der Waals surface area contributed by atoms with Crippen molar-refractivity contribution in [2.75, 3.05) is 11.4 Å². The quantitative estimate of drug-likeness (QED) is 0.872. The molecule has 0 radical (unpaired) electrons. The standard InChI is InChI=1S/C16H24N2O/c1-2-17-11-12-5-3-4-6-16(12)18-13-7-8-14(18)10-15(19)9-13/h3-6,13-15,17,19H,2,7-11H2,1H3. The van der Waals surface area contributed by atoms with Crippen molar-refractivity contribution in [3.05, 3.63) is 29.8 Å². The van der Waals surface area contributed by atoms with Gasteiger partial charge in [0.15, 0.2) is 0 Å². The van der Waals surface area contributed by atoms with Gasteiger partial charge in [-0.1, -0.05) is 25.1 Å². The summed E-state index contributed by atoms with van der Waals surface area (Å²) < 4.78 is 0. The largest absolute Gasteiger partial charge is 0.393 e. The Bertz CT molecular complexity index is 421. The van der Waals surface area contributed by atoms with E-state index in [4.69, 9.17) is 0 Å². The second kappa shape index (κ2) is 5.51. The zero-order valence-electron chi connectivity index (χ0n) is 11.7. The maximum absolute atomic E-state index is 9.93. The Morgan fingerprint density at radius 1 is 1.21 bits per heavy atom. The fraction of sp³-hybridized carbons (Fsp3) is 0.625. The minimum Gasteiger partial charge on any atom is -0.393 e. The third kappa shape index (κ3) is 2.49. The number of hydrogen-bond donors (Lipinski definition) is 2. The Hall–Kier alpha value is -1.06. The molecule has 1 aromatic rings. The first-order valence-electron chi connectivity index (χ1n) is 7.54. The molecule has 104 valence electrons. The Morgan fingerprint density at radius 3 is 2.58 bits per heavy atom. The van der Waals surface area contributed by atoms with E-state index in [0.29, 0.717) is 12.1 Å². The van der Waals surface area contributed by atoms with Crippen LogP contribution < -0.4 is 10.2 Å². The molecule has 3 heteroatoms. The van der Waals surface area contributed by atoms with Crippen molar-refractivity contribution in [1.82, 2.24) is 5.32 Å². The molecule has 2 fully saturated rings. The van der Waals surface area contributed by atoms with Crippen molar-refractivity contribution in [2.45, 2.75) is 57.3 Å². The number of hydrogen-bond acceptors (Lipinski definition) is 3. The molecule has 2 bridgehead atoms. The summed E-state index contributed by atoms with van der Waals surface area (Å²) in [5, 5.41) is 13.4. The highest BCUT2D eigenvalue weighted by Crippen LogP contribution is 2.40. The van der Waals surface area contributed by atoms with E-state index in [1.165, 1.54) is 24.1 Å². The van der Waals surface area contributed by atoms with Crippen LogP contribution in [0, 0.1) is 0 Å². The molecule has 0 saturated carbocycles. The lowest BCUT2D eigenvalue weighted by molar-refractivity contribution is 0.126. The van der Waals surface area contributed by atoms with Gasteiger partial charge in [0.2, 0.25) is 0 Å². The molecular weight excluding hydrogens is 236 g/mol. The molecule has 0 amide bonds. The lowest BCUT2D eigenvalue weighted by Gasteiger charge is -2.40. The highest BCUT2D eigenvalue weighted by molar-refractivity contribution is 5.56. The topological polar surface area (TPSA) is 35.5 Å². The molecule has 0 aromatic heterocycles. The van der Waals surface area contributed by atoms with Crippen LogP contribution in [0.3, 0.4) is 0 Å². The van der Waals surface area contributed by atoms with E-state index < -0.39 is 0 Å². The lowest BCUT2D eigenvalue weighted by atomic mass is 9.98. The van der Waals surface area contributed by atoms with E-state index in [0.717, 1.165) is 25.9 Å². The average Bonchev–Trinajstić information content (AvgIpc) is 2.68. The molecular formula is C16H24N2O. The van der Waals surface area contributed by atoms with Gasteiger partial charge in [0.1, 0.15) is 0 Å². The second-order valence-electron chi connectivity index (χ2n) is 5.83. The predicted octanol–water partition coefficient (Wildman–Crippen LogP) is 2.29. The SMILES string of the molecule is CCNCc1ccccc1N1C2CCC1CC(O)C2. The highest BCUT2D eigenvalue weighted by Gasteiger charge is 2.40. The first kappa shape index (κ1) is 12.9. The number of anilines is 1. The van der Waals surface area contributed by atoms with Gasteiger partial charge in [-0.3, -0.25) is 0 Å². The Kier molecular flexibility index (Phi) is 3.76. The minimum absolute atomic E-state index is 0.0883. The summed E-state index contributed by atoms with van der Waals surface area (Å²) in [5.74, 6) is 0. The fourth-order valence-corrected chi connectivity index (χ4v) is 3.71. The van der Waals surface area contributed by atoms with Gasteiger partial charge in [-0.2, -0.15) is 0 Å². The van der Waals surface area contributed by atoms with Crippen LogP contribution in [0.2, 0.25) is 0 Å². The fourth-order valence-electron chi connectivity index (χ4n) is 3.71. The van der Waals surface area contributed by atoms with Crippen LogP contribution in [0.25, 0.3) is 0 Å². The van der Waals surface area contributed by atoms with Crippen molar-refractivity contribution in [1.29, 1.82) is 0 Å². The number of para-hydroxylation sites is 1. The predicted molar refractivity (Wildman–Crippen MR) is 78.4 cm³/mol. The normalized spacial score (nSPS) is 29.8. The van der Waals surface area contributed by atoms with E-state index in [2.05, 4.69) is 41.4 Å². The number of aliphatic hydroxyl groups excluding tert-OH is 1. The molecule has 2 saturated heterocycles. The van der Waals surface area contributed by atoms with Gasteiger partial charge in [-0.15, -0.1) is 0 Å². The number of rotatable bonds is 4. The number of fused-ring (bicyclic) bond motifs is 2. The number of piperidine rings is 1. The molecule has 2 aliphatic rings. The summed E-state index contributed by atoms with van der Waals surface area (Å²) in [4.78, 5) is 2.58. The Labute approximate surface area is 115 Å². The van der Waals surface area contributed by atoms with Crippen LogP contribution in [-0.4, -0.2) is 29.8 Å². The van der Waals surface area contributed by atoms with E-state index in [9.17, 15) is 5.11 Å². The summed E-state index contributed by atoms with van der Waals surface area (Å²) in [7, 11) is 0. The Balaban J connectivity index is 1.86. The summed E-state index contributed by atoms with van der Waals surface area (Å²) in [6.45, 7) is 4.08. The zero-order chi connectivity index (χ0) is 13.2. The van der Waals surface area contributed by atoms with Crippen molar-refractivity contribution >= 4 is 5.69 Å². The van der Waals surface area contributed by atoms with Gasteiger partial charge in [0.25, 0.3) is 0 Å². The molecule has 19 heavy (non-hydrogen) atoms. The van der Waals surface area contributed by atoms with Crippen LogP contribution in [0.15, 0.2) is 24.3 Å². The van der Waals surface area contributed by atoms with Gasteiger partial charge < -0.3 is 15.3 Å². The lowest BCUT2D eigenvalue weighted by Crippen LogP contribution is -2.45. The van der Waals surface area contributed by atoms with Crippen LogP contribution >= 0.6 is 0 Å². The first-order chi connectivity index (χ1) is 9.29. The molecule has 1 aromatic carbocycles. The zero-order valence-corrected chi connectivity index (χ0v) is 11.7. The van der Waals surface area contributed by atoms with Gasteiger partial charge in [0, 0.05) is 24.3 Å². The number of nitrogens with one attached hydrogen (secondary N) is 1. The molecule has 2 aliphatic heterocycles. The van der Waals surface area contributed by atoms with Gasteiger partial charge in [-0.05, 0) is 43.9 Å². The van der Waals surface area contributed by atoms with Crippen LogP contribution in [0.4, 0.5) is 5.69 Å². The average molecular weight is 260 g/mol. The molecule has 3 nitrogen and oxygen atoms in total. The molecule has 2 unspecified atom stereocenters. The van der Waals surface area contributed by atoms with Gasteiger partial charge in [-0.25, -0.2) is 0 Å². The summed E-state index contributed by atoms with van der Waals surface area (Å²) in [6.07, 6.45) is 4.25. The summed E-state index contributed by atoms with van der Waals surface area (Å²) >= 11 is 0. The summed E-state index contributed by atoms with van der Waals surface area (Å²) in [6, 6.07) is 9.80. The van der Waals surface area contributed by atoms with Crippen LogP contribution in [0.1, 0.15) is 38.2 Å². The monoisotopic (exact) mass is 260 g/mol. The molecule has 3 rings (SSSR count). The van der Waals surface area contributed by atoms with E-state index in [1.54, 1.807) is 0 Å². The number of benzene rings is 1. The third-order valence-corrected chi connectivity index (χ3v) is 4.54. The highest BCUT2D eigenvalue weighted by atomic mass is 16.3. The molecule has 0 spiro atoms. The maximum Gasteiger partial charge on any atom is 0.0579 e. The van der Waals surface area contributed by atoms with E-state index in [-0.39, 0.29) is 6.10 Å². The van der Waals surface area contributed by atoms with Gasteiger partial charge in [0.05, 0.1) is 6.10 Å². The van der Waals surface area contributed by atoms with Crippen molar-refractivity contribution in [3.8, 4) is 0 Å². The van der Waals surface area contributed by atoms with Crippen molar-refractivity contribution in [2.24, 2.45) is 0 Å². The van der Waals surface area contributed by atoms with E-state index >= 15 is 0 Å². The molecule has 2 heterocycles. The number of aliphatic hydroxyl groups is 1. The van der Waals surface area contributed by atoms with Crippen LogP contribution in [-0.2, 0) is 6.54 Å². The second-order valence-corrected chi connectivity index (χ2v) is 5.83. The summed E-state index contributed by atoms with van der Waals surface area (Å²) in [5.41, 5.74) is 2.76. The first-order valence-corrected chi connectivity index (χ1v) is 7.54. The maximum atomic E-state index is 9.93. The molecule has 2 atom stereocenters. The van der Waals surface area contributed by atoms with Crippen molar-refractivity contribution in [3.63, 3.8) is 0 Å².